The summed E-state index contributed by atoms with van der Waals surface area (Å²) >= 11 is 17.2. The molecule has 0 radical (unpaired) electrons. The number of nitrogens with one attached hydrogen (secondary N) is 1. The predicted molar refractivity (Wildman–Crippen MR) is 73.1 cm³/mol. The fraction of sp³-hybridized carbons (Fsp3) is 0. The molecule has 19 heavy (non-hydrogen) atoms. The van der Waals surface area contributed by atoms with Gasteiger partial charge in [-0.2, -0.15) is 0 Å². The van der Waals surface area contributed by atoms with Crippen molar-refractivity contribution in [2.45, 2.75) is 0 Å². The van der Waals surface area contributed by atoms with Gasteiger partial charge in [0.25, 0.3) is 5.91 Å². The van der Waals surface area contributed by atoms with Crippen molar-refractivity contribution in [2.75, 3.05) is 5.32 Å². The Hall–Kier alpha value is -1.56. The van der Waals surface area contributed by atoms with Crippen LogP contribution in [-0.4, -0.2) is 21.0 Å². The molecule has 0 unspecified atom stereocenters. The van der Waals surface area contributed by atoms with Gasteiger partial charge in [-0.05, 0) is 29.8 Å². The molecule has 0 fully saturated rings. The van der Waals surface area contributed by atoms with Crippen LogP contribution in [0.2, 0.25) is 15.5 Å². The number of halogens is 3. The smallest absolute Gasteiger partial charge is 0.258 e. The second-order valence-electron chi connectivity index (χ2n) is 3.46. The molecule has 1 heterocycles. The zero-order valence-corrected chi connectivity index (χ0v) is 11.5. The molecule has 5 nitrogen and oxygen atoms in total. The predicted octanol–water partition coefficient (Wildman–Crippen LogP) is 3.39. The number of aromatic nitrogens is 2. The first-order valence-electron chi connectivity index (χ1n) is 4.95. The van der Waals surface area contributed by atoms with Crippen molar-refractivity contribution >= 4 is 46.5 Å². The monoisotopic (exact) mass is 317 g/mol. The maximum atomic E-state index is 12.0. The van der Waals surface area contributed by atoms with Gasteiger partial charge in [-0.3, -0.25) is 4.79 Å². The van der Waals surface area contributed by atoms with Gasteiger partial charge < -0.3 is 10.4 Å². The Kier molecular flexibility index (Phi) is 4.09. The van der Waals surface area contributed by atoms with Crippen molar-refractivity contribution in [3.8, 4) is 5.75 Å². The van der Waals surface area contributed by atoms with Gasteiger partial charge in [0.05, 0.1) is 10.6 Å². The highest BCUT2D eigenvalue weighted by Gasteiger charge is 2.13. The number of phenols is 1. The number of rotatable bonds is 2. The Morgan fingerprint density at radius 3 is 2.58 bits per heavy atom. The molecule has 0 spiro atoms. The molecule has 0 saturated heterocycles. The molecule has 2 rings (SSSR count). The summed E-state index contributed by atoms with van der Waals surface area (Å²) in [7, 11) is 0. The summed E-state index contributed by atoms with van der Waals surface area (Å²) in [6, 6.07) is 5.35. The third-order valence-electron chi connectivity index (χ3n) is 2.10. The molecule has 0 atom stereocenters. The van der Waals surface area contributed by atoms with Gasteiger partial charge in [0, 0.05) is 6.07 Å². The SMILES string of the molecule is O=C(Nc1cc(Cl)nc(Cl)n1)c1cc(O)ccc1Cl. The maximum absolute atomic E-state index is 12.0. The van der Waals surface area contributed by atoms with Crippen LogP contribution in [0.5, 0.6) is 5.75 Å². The Bertz CT molecular complexity index is 629. The Labute approximate surface area is 123 Å². The fourth-order valence-electron chi connectivity index (χ4n) is 1.32. The van der Waals surface area contributed by atoms with Crippen molar-refractivity contribution in [3.63, 3.8) is 0 Å². The first-order valence-corrected chi connectivity index (χ1v) is 6.09. The van der Waals surface area contributed by atoms with Gasteiger partial charge in [0.2, 0.25) is 5.28 Å². The van der Waals surface area contributed by atoms with Gasteiger partial charge >= 0.3 is 0 Å². The summed E-state index contributed by atoms with van der Waals surface area (Å²) in [4.78, 5) is 19.4. The Morgan fingerprint density at radius 1 is 1.16 bits per heavy atom. The summed E-state index contributed by atoms with van der Waals surface area (Å²) in [5.74, 6) is -0.491. The van der Waals surface area contributed by atoms with E-state index >= 15 is 0 Å². The molecule has 98 valence electrons. The highest BCUT2D eigenvalue weighted by Crippen LogP contribution is 2.22. The van der Waals surface area contributed by atoms with Crippen LogP contribution in [0, 0.1) is 0 Å². The number of aromatic hydroxyl groups is 1. The first kappa shape index (κ1) is 13.9. The minimum absolute atomic E-state index is 0.0756. The molecule has 0 saturated carbocycles. The lowest BCUT2D eigenvalue weighted by atomic mass is 10.2. The van der Waals surface area contributed by atoms with Crippen LogP contribution in [0.1, 0.15) is 10.4 Å². The van der Waals surface area contributed by atoms with Gasteiger partial charge in [0.15, 0.2) is 0 Å². The van der Waals surface area contributed by atoms with E-state index in [2.05, 4.69) is 15.3 Å². The Morgan fingerprint density at radius 2 is 1.89 bits per heavy atom. The van der Waals surface area contributed by atoms with Gasteiger partial charge in [-0.15, -0.1) is 0 Å². The molecule has 8 heteroatoms. The lowest BCUT2D eigenvalue weighted by molar-refractivity contribution is 0.102. The van der Waals surface area contributed by atoms with E-state index in [0.29, 0.717) is 0 Å². The number of phenolic OH excluding ortho intramolecular Hbond substituents is 1. The lowest BCUT2D eigenvalue weighted by Crippen LogP contribution is -2.13. The van der Waals surface area contributed by atoms with E-state index < -0.39 is 5.91 Å². The summed E-state index contributed by atoms with van der Waals surface area (Å²) < 4.78 is 0. The summed E-state index contributed by atoms with van der Waals surface area (Å²) in [6.07, 6.45) is 0. The van der Waals surface area contributed by atoms with E-state index in [9.17, 15) is 9.90 Å². The van der Waals surface area contributed by atoms with Crippen LogP contribution >= 0.6 is 34.8 Å². The molecular formula is C11H6Cl3N3O2. The van der Waals surface area contributed by atoms with Crippen molar-refractivity contribution in [1.82, 2.24) is 9.97 Å². The van der Waals surface area contributed by atoms with Crippen LogP contribution in [-0.2, 0) is 0 Å². The van der Waals surface area contributed by atoms with Crippen molar-refractivity contribution in [1.29, 1.82) is 0 Å². The number of anilines is 1. The first-order chi connectivity index (χ1) is 8.95. The normalized spacial score (nSPS) is 10.3. The van der Waals surface area contributed by atoms with Gasteiger partial charge in [0.1, 0.15) is 16.7 Å². The molecule has 1 amide bonds. The van der Waals surface area contributed by atoms with E-state index in [1.807, 2.05) is 0 Å². The van der Waals surface area contributed by atoms with E-state index in [0.717, 1.165) is 0 Å². The van der Waals surface area contributed by atoms with Gasteiger partial charge in [-0.1, -0.05) is 23.2 Å². The van der Waals surface area contributed by atoms with E-state index in [1.54, 1.807) is 0 Å². The quantitative estimate of drug-likeness (QED) is 0.657. The summed E-state index contributed by atoms with van der Waals surface area (Å²) in [6.45, 7) is 0. The van der Waals surface area contributed by atoms with E-state index in [4.69, 9.17) is 34.8 Å². The standard InChI is InChI=1S/C11H6Cl3N3O2/c12-7-2-1-5(18)3-6(7)10(19)16-9-4-8(13)15-11(14)17-9/h1-4,18H,(H,15,16,17,19). The van der Waals surface area contributed by atoms with Crippen LogP contribution in [0.15, 0.2) is 24.3 Å². The summed E-state index contributed by atoms with van der Waals surface area (Å²) in [5.41, 5.74) is 0.104. The van der Waals surface area contributed by atoms with Crippen LogP contribution in [0.3, 0.4) is 0 Å². The largest absolute Gasteiger partial charge is 0.508 e. The number of hydrogen-bond acceptors (Lipinski definition) is 4. The molecule has 2 N–H and O–H groups in total. The number of carbonyl (C=O) groups excluding carboxylic acids is 1. The van der Waals surface area contributed by atoms with Crippen LogP contribution in [0.4, 0.5) is 5.82 Å². The summed E-state index contributed by atoms with van der Waals surface area (Å²) in [5, 5.41) is 12.0. The number of nitrogens with zero attached hydrogens (tertiary/aromatic N) is 2. The van der Waals surface area contributed by atoms with Gasteiger partial charge in [-0.25, -0.2) is 9.97 Å². The zero-order chi connectivity index (χ0) is 14.0. The molecular weight excluding hydrogens is 312 g/mol. The fourth-order valence-corrected chi connectivity index (χ4v) is 1.94. The van der Waals surface area contributed by atoms with Crippen LogP contribution in [0.25, 0.3) is 0 Å². The highest BCUT2D eigenvalue weighted by molar-refractivity contribution is 6.34. The maximum Gasteiger partial charge on any atom is 0.258 e. The minimum Gasteiger partial charge on any atom is -0.508 e. The molecule has 0 bridgehead atoms. The zero-order valence-electron chi connectivity index (χ0n) is 9.19. The number of amides is 1. The molecule has 1 aromatic carbocycles. The second-order valence-corrected chi connectivity index (χ2v) is 4.60. The number of carbonyl (C=O) groups is 1. The van der Waals surface area contributed by atoms with E-state index in [-0.39, 0.29) is 32.6 Å². The molecule has 2 aromatic rings. The lowest BCUT2D eigenvalue weighted by Gasteiger charge is -2.07. The minimum atomic E-state index is -0.549. The Balaban J connectivity index is 2.28. The second kappa shape index (κ2) is 5.61. The number of hydrogen-bond donors (Lipinski definition) is 2. The van der Waals surface area contributed by atoms with Crippen molar-refractivity contribution in [2.24, 2.45) is 0 Å². The average Bonchev–Trinajstić information content (AvgIpc) is 2.30. The molecule has 0 aliphatic heterocycles. The van der Waals surface area contributed by atoms with E-state index in [1.165, 1.54) is 24.3 Å². The highest BCUT2D eigenvalue weighted by atomic mass is 35.5. The molecule has 0 aliphatic carbocycles. The average molecular weight is 319 g/mol. The van der Waals surface area contributed by atoms with Crippen LogP contribution < -0.4 is 5.32 Å². The van der Waals surface area contributed by atoms with Crippen molar-refractivity contribution in [3.05, 3.63) is 45.3 Å². The third kappa shape index (κ3) is 3.47. The molecule has 0 aliphatic rings. The third-order valence-corrected chi connectivity index (χ3v) is 2.80. The topological polar surface area (TPSA) is 75.1 Å². The molecule has 1 aromatic heterocycles. The van der Waals surface area contributed by atoms with Crippen molar-refractivity contribution < 1.29 is 9.90 Å². The number of benzene rings is 1.